The molecule has 0 fully saturated rings. The summed E-state index contributed by atoms with van der Waals surface area (Å²) in [6, 6.07) is 12.5. The molecule has 0 unspecified atom stereocenters. The van der Waals surface area contributed by atoms with E-state index in [-0.39, 0.29) is 12.5 Å². The van der Waals surface area contributed by atoms with Crippen molar-refractivity contribution in [3.63, 3.8) is 0 Å². The van der Waals surface area contributed by atoms with Crippen LogP contribution in [0.15, 0.2) is 42.5 Å². The van der Waals surface area contributed by atoms with Crippen molar-refractivity contribution < 1.29 is 23.7 Å². The minimum atomic E-state index is -0.305. The fraction of sp³-hybridized carbons (Fsp3) is 0.238. The molecular formula is C21H22N2O5. The number of pyridine rings is 1. The SMILES string of the molecule is COc1cc(NC(=O)COc2cc(C)nc3ccc(OC)cc23)cc(OC)c1. The smallest absolute Gasteiger partial charge is 0.262 e. The minimum absolute atomic E-state index is 0.157. The average Bonchev–Trinajstić information content (AvgIpc) is 2.71. The molecule has 0 radical (unpaired) electrons. The van der Waals surface area contributed by atoms with E-state index in [1.54, 1.807) is 45.6 Å². The summed E-state index contributed by atoms with van der Waals surface area (Å²) in [5.41, 5.74) is 2.13. The standard InChI is InChI=1S/C21H22N2O5/c1-13-7-20(18-11-15(25-2)5-6-19(18)22-13)28-12-21(24)23-14-8-16(26-3)10-17(9-14)27-4/h5-11H,12H2,1-4H3,(H,23,24). The Morgan fingerprint density at radius 3 is 2.25 bits per heavy atom. The second-order valence-corrected chi connectivity index (χ2v) is 6.08. The van der Waals surface area contributed by atoms with Crippen molar-refractivity contribution in [3.8, 4) is 23.0 Å². The molecule has 0 spiro atoms. The Hall–Kier alpha value is -3.48. The Bertz CT molecular complexity index is 981. The second-order valence-electron chi connectivity index (χ2n) is 6.08. The van der Waals surface area contributed by atoms with Gasteiger partial charge in [0.1, 0.15) is 23.0 Å². The van der Waals surface area contributed by atoms with Crippen molar-refractivity contribution in [2.24, 2.45) is 0 Å². The van der Waals surface area contributed by atoms with E-state index in [0.29, 0.717) is 28.7 Å². The maximum atomic E-state index is 12.4. The maximum absolute atomic E-state index is 12.4. The normalized spacial score (nSPS) is 10.4. The molecule has 1 aromatic heterocycles. The summed E-state index contributed by atoms with van der Waals surface area (Å²) in [6.45, 7) is 1.72. The summed E-state index contributed by atoms with van der Waals surface area (Å²) < 4.78 is 21.5. The molecule has 146 valence electrons. The van der Waals surface area contributed by atoms with Crippen LogP contribution in [0, 0.1) is 6.92 Å². The molecule has 0 aliphatic carbocycles. The predicted molar refractivity (Wildman–Crippen MR) is 107 cm³/mol. The van der Waals surface area contributed by atoms with Crippen LogP contribution in [0.1, 0.15) is 5.69 Å². The summed E-state index contributed by atoms with van der Waals surface area (Å²) in [6.07, 6.45) is 0. The van der Waals surface area contributed by atoms with E-state index in [0.717, 1.165) is 16.6 Å². The fourth-order valence-electron chi connectivity index (χ4n) is 2.77. The molecule has 1 amide bonds. The number of carbonyl (C=O) groups excluding carboxylic acids is 1. The van der Waals surface area contributed by atoms with E-state index in [9.17, 15) is 4.79 Å². The van der Waals surface area contributed by atoms with E-state index < -0.39 is 0 Å². The van der Waals surface area contributed by atoms with Gasteiger partial charge in [0, 0.05) is 41.0 Å². The zero-order valence-corrected chi connectivity index (χ0v) is 16.2. The number of fused-ring (bicyclic) bond motifs is 1. The summed E-state index contributed by atoms with van der Waals surface area (Å²) >= 11 is 0. The third kappa shape index (κ3) is 4.43. The molecule has 3 rings (SSSR count). The van der Waals surface area contributed by atoms with Gasteiger partial charge in [0.05, 0.1) is 26.8 Å². The molecular weight excluding hydrogens is 360 g/mol. The first kappa shape index (κ1) is 19.3. The van der Waals surface area contributed by atoms with Crippen LogP contribution in [0.2, 0.25) is 0 Å². The van der Waals surface area contributed by atoms with E-state index in [1.165, 1.54) is 0 Å². The molecule has 1 N–H and O–H groups in total. The Morgan fingerprint density at radius 1 is 0.929 bits per heavy atom. The van der Waals surface area contributed by atoms with Crippen LogP contribution in [-0.2, 0) is 4.79 Å². The van der Waals surface area contributed by atoms with E-state index in [4.69, 9.17) is 18.9 Å². The van der Waals surface area contributed by atoms with Crippen molar-refractivity contribution in [1.82, 2.24) is 4.98 Å². The summed E-state index contributed by atoms with van der Waals surface area (Å²) in [5, 5.41) is 3.56. The van der Waals surface area contributed by atoms with Crippen molar-refractivity contribution >= 4 is 22.5 Å². The van der Waals surface area contributed by atoms with Gasteiger partial charge >= 0.3 is 0 Å². The molecule has 1 heterocycles. The Kier molecular flexibility index (Phi) is 5.84. The molecule has 0 bridgehead atoms. The number of rotatable bonds is 7. The number of anilines is 1. The average molecular weight is 382 g/mol. The minimum Gasteiger partial charge on any atom is -0.497 e. The number of benzene rings is 2. The predicted octanol–water partition coefficient (Wildman–Crippen LogP) is 3.59. The monoisotopic (exact) mass is 382 g/mol. The van der Waals surface area contributed by atoms with Crippen molar-refractivity contribution in [2.75, 3.05) is 33.3 Å². The van der Waals surface area contributed by atoms with Crippen LogP contribution in [0.5, 0.6) is 23.0 Å². The molecule has 0 saturated heterocycles. The van der Waals surface area contributed by atoms with Gasteiger partial charge in [-0.15, -0.1) is 0 Å². The largest absolute Gasteiger partial charge is 0.497 e. The number of nitrogens with zero attached hydrogens (tertiary/aromatic N) is 1. The number of hydrogen-bond acceptors (Lipinski definition) is 6. The van der Waals surface area contributed by atoms with Crippen molar-refractivity contribution in [3.05, 3.63) is 48.2 Å². The maximum Gasteiger partial charge on any atom is 0.262 e. The van der Waals surface area contributed by atoms with Gasteiger partial charge in [-0.1, -0.05) is 0 Å². The highest BCUT2D eigenvalue weighted by Crippen LogP contribution is 2.29. The molecule has 0 aliphatic heterocycles. The molecule has 28 heavy (non-hydrogen) atoms. The number of hydrogen-bond donors (Lipinski definition) is 1. The van der Waals surface area contributed by atoms with Gasteiger partial charge in [0.25, 0.3) is 5.91 Å². The highest BCUT2D eigenvalue weighted by molar-refractivity contribution is 5.93. The number of nitrogens with one attached hydrogen (secondary N) is 1. The van der Waals surface area contributed by atoms with E-state index in [2.05, 4.69) is 10.3 Å². The van der Waals surface area contributed by atoms with Crippen LogP contribution in [-0.4, -0.2) is 38.8 Å². The van der Waals surface area contributed by atoms with Gasteiger partial charge in [0.15, 0.2) is 6.61 Å². The molecule has 3 aromatic rings. The molecule has 0 saturated carbocycles. The Balaban J connectivity index is 1.76. The Morgan fingerprint density at radius 2 is 1.61 bits per heavy atom. The first-order chi connectivity index (χ1) is 13.5. The fourth-order valence-corrected chi connectivity index (χ4v) is 2.77. The quantitative estimate of drug-likeness (QED) is 0.673. The van der Waals surface area contributed by atoms with Gasteiger partial charge in [0.2, 0.25) is 0 Å². The van der Waals surface area contributed by atoms with Gasteiger partial charge in [-0.05, 0) is 25.1 Å². The summed E-state index contributed by atoms with van der Waals surface area (Å²) in [4.78, 5) is 16.9. The molecule has 2 aromatic carbocycles. The molecule has 7 nitrogen and oxygen atoms in total. The van der Waals surface area contributed by atoms with E-state index in [1.807, 2.05) is 25.1 Å². The highest BCUT2D eigenvalue weighted by Gasteiger charge is 2.11. The third-order valence-corrected chi connectivity index (χ3v) is 4.10. The second kappa shape index (κ2) is 8.47. The first-order valence-electron chi connectivity index (χ1n) is 8.63. The van der Waals surface area contributed by atoms with E-state index >= 15 is 0 Å². The van der Waals surface area contributed by atoms with Crippen LogP contribution < -0.4 is 24.3 Å². The first-order valence-corrected chi connectivity index (χ1v) is 8.63. The van der Waals surface area contributed by atoms with Crippen molar-refractivity contribution in [1.29, 1.82) is 0 Å². The number of ether oxygens (including phenoxy) is 4. The number of methoxy groups -OCH3 is 3. The lowest BCUT2D eigenvalue weighted by Crippen LogP contribution is -2.20. The number of aryl methyl sites for hydroxylation is 1. The summed E-state index contributed by atoms with van der Waals surface area (Å²) in [7, 11) is 4.70. The highest BCUT2D eigenvalue weighted by atomic mass is 16.5. The topological polar surface area (TPSA) is 78.9 Å². The van der Waals surface area contributed by atoms with Crippen molar-refractivity contribution in [2.45, 2.75) is 6.92 Å². The van der Waals surface area contributed by atoms with Gasteiger partial charge in [-0.25, -0.2) is 0 Å². The van der Waals surface area contributed by atoms with Crippen LogP contribution in [0.4, 0.5) is 5.69 Å². The zero-order chi connectivity index (χ0) is 20.1. The molecule has 0 atom stereocenters. The number of carbonyl (C=O) groups is 1. The van der Waals surface area contributed by atoms with Crippen LogP contribution >= 0.6 is 0 Å². The molecule has 0 aliphatic rings. The Labute approximate surface area is 163 Å². The van der Waals surface area contributed by atoms with Gasteiger partial charge in [-0.3, -0.25) is 9.78 Å². The lowest BCUT2D eigenvalue weighted by molar-refractivity contribution is -0.118. The lowest BCUT2D eigenvalue weighted by Gasteiger charge is -2.12. The summed E-state index contributed by atoms with van der Waals surface area (Å²) in [5.74, 6) is 2.12. The van der Waals surface area contributed by atoms with Crippen LogP contribution in [0.25, 0.3) is 10.9 Å². The third-order valence-electron chi connectivity index (χ3n) is 4.10. The van der Waals surface area contributed by atoms with Gasteiger partial charge < -0.3 is 24.3 Å². The number of aromatic nitrogens is 1. The van der Waals surface area contributed by atoms with Gasteiger partial charge in [-0.2, -0.15) is 0 Å². The zero-order valence-electron chi connectivity index (χ0n) is 16.2. The van der Waals surface area contributed by atoms with Crippen LogP contribution in [0.3, 0.4) is 0 Å². The number of amides is 1. The lowest BCUT2D eigenvalue weighted by atomic mass is 10.1. The molecule has 7 heteroatoms.